The molecular weight excluding hydrogens is 274 g/mol. The summed E-state index contributed by atoms with van der Waals surface area (Å²) in [6, 6.07) is 4.07. The lowest BCUT2D eigenvalue weighted by atomic mass is 9.99. The number of hydrogen-bond acceptors (Lipinski definition) is 4. The minimum absolute atomic E-state index is 0.164. The quantitative estimate of drug-likeness (QED) is 0.863. The van der Waals surface area contributed by atoms with Crippen molar-refractivity contribution in [3.05, 3.63) is 23.8 Å². The smallest absolute Gasteiger partial charge is 0.326 e. The van der Waals surface area contributed by atoms with Crippen LogP contribution < -0.4 is 14.8 Å². The number of hydrogen-bond donors (Lipinski definition) is 2. The molecule has 0 spiro atoms. The molecule has 0 aromatic heterocycles. The zero-order valence-corrected chi connectivity index (χ0v) is 12.1. The van der Waals surface area contributed by atoms with Gasteiger partial charge in [0.15, 0.2) is 11.5 Å². The number of aliphatic carboxylic acids is 1. The fraction of sp³-hybridized carbons (Fsp3) is 0.467. The number of fused-ring (bicyclic) bond motifs is 1. The van der Waals surface area contributed by atoms with E-state index in [1.807, 2.05) is 6.92 Å². The molecule has 0 saturated heterocycles. The van der Waals surface area contributed by atoms with Crippen molar-refractivity contribution in [1.82, 2.24) is 5.32 Å². The van der Waals surface area contributed by atoms with E-state index in [4.69, 9.17) is 9.47 Å². The lowest BCUT2D eigenvalue weighted by Gasteiger charge is -2.23. The van der Waals surface area contributed by atoms with Gasteiger partial charge in [-0.1, -0.05) is 26.3 Å². The number of amides is 1. The normalized spacial score (nSPS) is 15.9. The molecule has 2 rings (SSSR count). The molecule has 0 fully saturated rings. The molecule has 1 aliphatic rings. The van der Waals surface area contributed by atoms with Gasteiger partial charge in [-0.15, -0.1) is 0 Å². The minimum atomic E-state index is -1.04. The number of nitrogens with one attached hydrogen (secondary N) is 1. The average Bonchev–Trinajstić information content (AvgIpc) is 2.50. The van der Waals surface area contributed by atoms with Crippen LogP contribution in [0, 0.1) is 5.92 Å². The van der Waals surface area contributed by atoms with Gasteiger partial charge in [-0.25, -0.2) is 4.79 Å². The SMILES string of the molecule is CCC(C)C(NC(=O)c1cccc2c1OCCO2)C(=O)O. The summed E-state index contributed by atoms with van der Waals surface area (Å²) in [5.41, 5.74) is 0.293. The van der Waals surface area contributed by atoms with E-state index in [0.717, 1.165) is 0 Å². The fourth-order valence-electron chi connectivity index (χ4n) is 2.15. The highest BCUT2D eigenvalue weighted by molar-refractivity contribution is 5.99. The van der Waals surface area contributed by atoms with E-state index in [9.17, 15) is 14.7 Å². The Bertz CT molecular complexity index is 543. The fourth-order valence-corrected chi connectivity index (χ4v) is 2.15. The van der Waals surface area contributed by atoms with Gasteiger partial charge in [0, 0.05) is 0 Å². The van der Waals surface area contributed by atoms with Crippen molar-refractivity contribution in [3.63, 3.8) is 0 Å². The van der Waals surface area contributed by atoms with Gasteiger partial charge in [-0.05, 0) is 18.1 Å². The predicted molar refractivity (Wildman–Crippen MR) is 75.8 cm³/mol. The van der Waals surface area contributed by atoms with Crippen molar-refractivity contribution in [1.29, 1.82) is 0 Å². The van der Waals surface area contributed by atoms with Gasteiger partial charge in [0.05, 0.1) is 5.56 Å². The zero-order chi connectivity index (χ0) is 15.4. The first-order chi connectivity index (χ1) is 10.0. The number of benzene rings is 1. The summed E-state index contributed by atoms with van der Waals surface area (Å²) in [5.74, 6) is -0.799. The second-order valence-electron chi connectivity index (χ2n) is 5.00. The molecule has 1 amide bonds. The van der Waals surface area contributed by atoms with Crippen molar-refractivity contribution in [2.24, 2.45) is 5.92 Å². The van der Waals surface area contributed by atoms with Gasteiger partial charge in [0.1, 0.15) is 19.3 Å². The van der Waals surface area contributed by atoms with Crippen molar-refractivity contribution in [2.75, 3.05) is 13.2 Å². The lowest BCUT2D eigenvalue weighted by molar-refractivity contribution is -0.140. The molecule has 1 heterocycles. The molecule has 1 aromatic carbocycles. The second kappa shape index (κ2) is 6.47. The van der Waals surface area contributed by atoms with E-state index in [1.54, 1.807) is 25.1 Å². The second-order valence-corrected chi connectivity index (χ2v) is 5.00. The van der Waals surface area contributed by atoms with Crippen molar-refractivity contribution >= 4 is 11.9 Å². The topological polar surface area (TPSA) is 84.9 Å². The molecular formula is C15H19NO5. The molecule has 1 aromatic rings. The van der Waals surface area contributed by atoms with Crippen LogP contribution in [-0.4, -0.2) is 36.2 Å². The Kier molecular flexibility index (Phi) is 4.67. The van der Waals surface area contributed by atoms with Crippen LogP contribution in [-0.2, 0) is 4.79 Å². The van der Waals surface area contributed by atoms with Crippen molar-refractivity contribution < 1.29 is 24.2 Å². The van der Waals surface area contributed by atoms with Crippen LogP contribution in [0.5, 0.6) is 11.5 Å². The van der Waals surface area contributed by atoms with Crippen LogP contribution in [0.15, 0.2) is 18.2 Å². The van der Waals surface area contributed by atoms with E-state index < -0.39 is 17.9 Å². The Balaban J connectivity index is 2.22. The van der Waals surface area contributed by atoms with Gasteiger partial charge >= 0.3 is 5.97 Å². The summed E-state index contributed by atoms with van der Waals surface area (Å²) in [7, 11) is 0. The Hall–Kier alpha value is -2.24. The predicted octanol–water partition coefficient (Wildman–Crippen LogP) is 1.69. The summed E-state index contributed by atoms with van der Waals surface area (Å²) < 4.78 is 10.9. The molecule has 6 heteroatoms. The summed E-state index contributed by atoms with van der Waals surface area (Å²) >= 11 is 0. The van der Waals surface area contributed by atoms with Crippen LogP contribution in [0.4, 0.5) is 0 Å². The van der Waals surface area contributed by atoms with Gasteiger partial charge in [-0.3, -0.25) is 4.79 Å². The largest absolute Gasteiger partial charge is 0.486 e. The summed E-state index contributed by atoms with van der Waals surface area (Å²) in [6.45, 7) is 4.47. The third-order valence-corrected chi connectivity index (χ3v) is 3.58. The van der Waals surface area contributed by atoms with E-state index in [2.05, 4.69) is 5.32 Å². The van der Waals surface area contributed by atoms with Crippen LogP contribution >= 0.6 is 0 Å². The molecule has 2 N–H and O–H groups in total. The molecule has 21 heavy (non-hydrogen) atoms. The Morgan fingerprint density at radius 3 is 2.71 bits per heavy atom. The van der Waals surface area contributed by atoms with E-state index in [-0.39, 0.29) is 5.92 Å². The molecule has 114 valence electrons. The average molecular weight is 293 g/mol. The molecule has 2 atom stereocenters. The number of carbonyl (C=O) groups is 2. The number of carboxylic acids is 1. The maximum atomic E-state index is 12.3. The van der Waals surface area contributed by atoms with Crippen molar-refractivity contribution in [3.8, 4) is 11.5 Å². The third kappa shape index (κ3) is 3.26. The maximum absolute atomic E-state index is 12.3. The Morgan fingerprint density at radius 1 is 1.33 bits per heavy atom. The summed E-state index contributed by atoms with van der Waals surface area (Å²) in [4.78, 5) is 23.6. The molecule has 2 unspecified atom stereocenters. The van der Waals surface area contributed by atoms with Crippen LogP contribution in [0.25, 0.3) is 0 Å². The molecule has 6 nitrogen and oxygen atoms in total. The van der Waals surface area contributed by atoms with Gasteiger partial charge in [-0.2, -0.15) is 0 Å². The highest BCUT2D eigenvalue weighted by Gasteiger charge is 2.28. The molecule has 0 saturated carbocycles. The van der Waals surface area contributed by atoms with Gasteiger partial charge < -0.3 is 19.9 Å². The molecule has 1 aliphatic heterocycles. The zero-order valence-electron chi connectivity index (χ0n) is 12.1. The number of carboxylic acid groups (broad SMARTS) is 1. The molecule has 0 radical (unpaired) electrons. The highest BCUT2D eigenvalue weighted by atomic mass is 16.6. The number of para-hydroxylation sites is 1. The van der Waals surface area contributed by atoms with Gasteiger partial charge in [0.25, 0.3) is 5.91 Å². The first kappa shape index (κ1) is 15.2. The molecule has 0 aliphatic carbocycles. The van der Waals surface area contributed by atoms with Crippen LogP contribution in [0.2, 0.25) is 0 Å². The first-order valence-electron chi connectivity index (χ1n) is 6.96. The van der Waals surface area contributed by atoms with Crippen molar-refractivity contribution in [2.45, 2.75) is 26.3 Å². The first-order valence-corrected chi connectivity index (χ1v) is 6.96. The summed E-state index contributed by atoms with van der Waals surface area (Å²) in [5, 5.41) is 11.8. The van der Waals surface area contributed by atoms with E-state index in [1.165, 1.54) is 0 Å². The lowest BCUT2D eigenvalue weighted by Crippen LogP contribution is -2.45. The summed E-state index contributed by atoms with van der Waals surface area (Å²) in [6.07, 6.45) is 0.657. The molecule has 0 bridgehead atoms. The van der Waals surface area contributed by atoms with E-state index in [0.29, 0.717) is 36.7 Å². The Labute approximate surface area is 123 Å². The maximum Gasteiger partial charge on any atom is 0.326 e. The number of carbonyl (C=O) groups excluding carboxylic acids is 1. The highest BCUT2D eigenvalue weighted by Crippen LogP contribution is 2.33. The Morgan fingerprint density at radius 2 is 2.05 bits per heavy atom. The van der Waals surface area contributed by atoms with Crippen LogP contribution in [0.1, 0.15) is 30.6 Å². The minimum Gasteiger partial charge on any atom is -0.486 e. The van der Waals surface area contributed by atoms with E-state index >= 15 is 0 Å². The number of rotatable bonds is 5. The van der Waals surface area contributed by atoms with Gasteiger partial charge in [0.2, 0.25) is 0 Å². The monoisotopic (exact) mass is 293 g/mol. The van der Waals surface area contributed by atoms with Crippen LogP contribution in [0.3, 0.4) is 0 Å². The standard InChI is InChI=1S/C15H19NO5/c1-3-9(2)12(15(18)19)16-14(17)10-5-4-6-11-13(10)21-8-7-20-11/h4-6,9,12H,3,7-8H2,1-2H3,(H,16,17)(H,18,19). The number of ether oxygens (including phenoxy) is 2. The third-order valence-electron chi connectivity index (χ3n) is 3.58.